The van der Waals surface area contributed by atoms with Crippen LogP contribution in [0.15, 0.2) is 24.3 Å². The standard InChI is InChI=1S/C15H19NO5/c1-20-14(17)8-13-10-16(6-7-21-13)9-11-2-4-12(5-3-11)15(18)19/h2-5,13H,6-10H2,1H3,(H,18,19). The largest absolute Gasteiger partial charge is 0.478 e. The quantitative estimate of drug-likeness (QED) is 0.821. The topological polar surface area (TPSA) is 76.1 Å². The highest BCUT2D eigenvalue weighted by Gasteiger charge is 2.23. The summed E-state index contributed by atoms with van der Waals surface area (Å²) in [6.07, 6.45) is 0.106. The van der Waals surface area contributed by atoms with E-state index in [1.54, 1.807) is 12.1 Å². The van der Waals surface area contributed by atoms with Crippen molar-refractivity contribution in [3.05, 3.63) is 35.4 Å². The second-order valence-electron chi connectivity index (χ2n) is 5.01. The predicted molar refractivity (Wildman–Crippen MR) is 75.1 cm³/mol. The number of carbonyl (C=O) groups excluding carboxylic acids is 1. The van der Waals surface area contributed by atoms with Gasteiger partial charge in [-0.3, -0.25) is 9.69 Å². The molecule has 6 nitrogen and oxygen atoms in total. The van der Waals surface area contributed by atoms with Crippen LogP contribution in [0.4, 0.5) is 0 Å². The van der Waals surface area contributed by atoms with Crippen molar-refractivity contribution in [3.8, 4) is 0 Å². The fraction of sp³-hybridized carbons (Fsp3) is 0.467. The number of aromatic carboxylic acids is 1. The van der Waals surface area contributed by atoms with Crippen molar-refractivity contribution in [2.24, 2.45) is 0 Å². The minimum Gasteiger partial charge on any atom is -0.478 e. The summed E-state index contributed by atoms with van der Waals surface area (Å²) in [7, 11) is 1.37. The monoisotopic (exact) mass is 293 g/mol. The van der Waals surface area contributed by atoms with Gasteiger partial charge >= 0.3 is 11.9 Å². The lowest BCUT2D eigenvalue weighted by Gasteiger charge is -2.32. The van der Waals surface area contributed by atoms with Crippen LogP contribution in [0.5, 0.6) is 0 Å². The van der Waals surface area contributed by atoms with E-state index in [0.717, 1.165) is 12.1 Å². The molecule has 1 atom stereocenters. The molecular weight excluding hydrogens is 274 g/mol. The molecule has 1 aromatic rings. The molecular formula is C15H19NO5. The predicted octanol–water partition coefficient (Wildman–Crippen LogP) is 1.15. The smallest absolute Gasteiger partial charge is 0.335 e. The van der Waals surface area contributed by atoms with E-state index in [2.05, 4.69) is 9.64 Å². The van der Waals surface area contributed by atoms with E-state index >= 15 is 0 Å². The van der Waals surface area contributed by atoms with Crippen molar-refractivity contribution in [1.82, 2.24) is 4.90 Å². The van der Waals surface area contributed by atoms with Crippen LogP contribution in [0.1, 0.15) is 22.3 Å². The van der Waals surface area contributed by atoms with Crippen molar-refractivity contribution in [2.75, 3.05) is 26.8 Å². The van der Waals surface area contributed by atoms with Gasteiger partial charge in [-0.1, -0.05) is 12.1 Å². The van der Waals surface area contributed by atoms with Crippen LogP contribution < -0.4 is 0 Å². The Morgan fingerprint density at radius 1 is 1.38 bits per heavy atom. The summed E-state index contributed by atoms with van der Waals surface area (Å²) < 4.78 is 10.2. The molecule has 0 spiro atoms. The third-order valence-corrected chi connectivity index (χ3v) is 3.45. The Labute approximate surface area is 123 Å². The van der Waals surface area contributed by atoms with Crippen LogP contribution in [0.3, 0.4) is 0 Å². The molecule has 1 fully saturated rings. The van der Waals surface area contributed by atoms with Crippen molar-refractivity contribution in [3.63, 3.8) is 0 Å². The van der Waals surface area contributed by atoms with E-state index in [9.17, 15) is 9.59 Å². The first-order valence-corrected chi connectivity index (χ1v) is 6.81. The van der Waals surface area contributed by atoms with Crippen LogP contribution in [-0.2, 0) is 20.8 Å². The number of methoxy groups -OCH3 is 1. The Hall–Kier alpha value is -1.92. The molecule has 1 aromatic carbocycles. The number of benzene rings is 1. The van der Waals surface area contributed by atoms with E-state index in [-0.39, 0.29) is 24.1 Å². The third kappa shape index (κ3) is 4.54. The van der Waals surface area contributed by atoms with Gasteiger partial charge in [0.25, 0.3) is 0 Å². The van der Waals surface area contributed by atoms with Crippen LogP contribution in [0.25, 0.3) is 0 Å². The highest BCUT2D eigenvalue weighted by Crippen LogP contribution is 2.14. The van der Waals surface area contributed by atoms with Gasteiger partial charge in [0.15, 0.2) is 0 Å². The summed E-state index contributed by atoms with van der Waals surface area (Å²) in [6.45, 7) is 2.74. The molecule has 6 heteroatoms. The molecule has 0 amide bonds. The number of carbonyl (C=O) groups is 2. The molecule has 0 saturated carbocycles. The number of morpholine rings is 1. The molecule has 1 heterocycles. The van der Waals surface area contributed by atoms with Gasteiger partial charge in [0.05, 0.1) is 31.8 Å². The van der Waals surface area contributed by atoms with Crippen molar-refractivity contribution in [2.45, 2.75) is 19.1 Å². The zero-order chi connectivity index (χ0) is 15.2. The lowest BCUT2D eigenvalue weighted by molar-refractivity contribution is -0.145. The second kappa shape index (κ2) is 7.19. The molecule has 1 aliphatic heterocycles. The van der Waals surface area contributed by atoms with Crippen molar-refractivity contribution >= 4 is 11.9 Å². The molecule has 0 bridgehead atoms. The lowest BCUT2D eigenvalue weighted by atomic mass is 10.1. The maximum atomic E-state index is 11.3. The highest BCUT2D eigenvalue weighted by molar-refractivity contribution is 5.87. The molecule has 1 N–H and O–H groups in total. The van der Waals surface area contributed by atoms with Gasteiger partial charge in [-0.05, 0) is 17.7 Å². The Morgan fingerprint density at radius 2 is 2.10 bits per heavy atom. The average Bonchev–Trinajstić information content (AvgIpc) is 2.48. The summed E-state index contributed by atoms with van der Waals surface area (Å²) in [5.41, 5.74) is 1.32. The van der Waals surface area contributed by atoms with Gasteiger partial charge in [-0.2, -0.15) is 0 Å². The first kappa shape index (κ1) is 15.5. The summed E-state index contributed by atoms with van der Waals surface area (Å²) >= 11 is 0. The number of hydrogen-bond acceptors (Lipinski definition) is 5. The normalized spacial score (nSPS) is 19.2. The Bertz CT molecular complexity index is 499. The molecule has 1 aliphatic rings. The van der Waals surface area contributed by atoms with Gasteiger partial charge in [0, 0.05) is 19.6 Å². The number of hydrogen-bond donors (Lipinski definition) is 1. The first-order chi connectivity index (χ1) is 10.1. The molecule has 2 rings (SSSR count). The van der Waals surface area contributed by atoms with Gasteiger partial charge in [-0.15, -0.1) is 0 Å². The SMILES string of the molecule is COC(=O)CC1CN(Cc2ccc(C(=O)O)cc2)CCO1. The van der Waals surface area contributed by atoms with E-state index in [1.165, 1.54) is 7.11 Å². The third-order valence-electron chi connectivity index (χ3n) is 3.45. The fourth-order valence-corrected chi connectivity index (χ4v) is 2.33. The number of nitrogens with zero attached hydrogens (tertiary/aromatic N) is 1. The van der Waals surface area contributed by atoms with Crippen molar-refractivity contribution in [1.29, 1.82) is 0 Å². The van der Waals surface area contributed by atoms with Gasteiger partial charge in [-0.25, -0.2) is 4.79 Å². The average molecular weight is 293 g/mol. The molecule has 21 heavy (non-hydrogen) atoms. The van der Waals surface area contributed by atoms with Crippen LogP contribution in [0.2, 0.25) is 0 Å². The highest BCUT2D eigenvalue weighted by atomic mass is 16.5. The van der Waals surface area contributed by atoms with E-state index in [4.69, 9.17) is 9.84 Å². The molecule has 0 aromatic heterocycles. The minimum atomic E-state index is -0.925. The van der Waals surface area contributed by atoms with E-state index in [0.29, 0.717) is 19.7 Å². The molecule has 1 saturated heterocycles. The zero-order valence-electron chi connectivity index (χ0n) is 11.9. The minimum absolute atomic E-state index is 0.149. The molecule has 0 radical (unpaired) electrons. The summed E-state index contributed by atoms with van der Waals surface area (Å²) in [5, 5.41) is 8.87. The summed E-state index contributed by atoms with van der Waals surface area (Å²) in [4.78, 5) is 24.3. The maximum absolute atomic E-state index is 11.3. The van der Waals surface area contributed by atoms with Crippen LogP contribution >= 0.6 is 0 Å². The van der Waals surface area contributed by atoms with Gasteiger partial charge in [0.2, 0.25) is 0 Å². The maximum Gasteiger partial charge on any atom is 0.335 e. The number of ether oxygens (including phenoxy) is 2. The Morgan fingerprint density at radius 3 is 2.71 bits per heavy atom. The zero-order valence-corrected chi connectivity index (χ0v) is 11.9. The first-order valence-electron chi connectivity index (χ1n) is 6.81. The van der Waals surface area contributed by atoms with E-state index in [1.807, 2.05) is 12.1 Å². The van der Waals surface area contributed by atoms with E-state index < -0.39 is 5.97 Å². The second-order valence-corrected chi connectivity index (χ2v) is 5.01. The van der Waals surface area contributed by atoms with Gasteiger partial charge in [0.1, 0.15) is 0 Å². The number of carboxylic acids is 1. The lowest BCUT2D eigenvalue weighted by Crippen LogP contribution is -2.42. The number of esters is 1. The molecule has 1 unspecified atom stereocenters. The van der Waals surface area contributed by atoms with Crippen LogP contribution in [-0.4, -0.2) is 54.9 Å². The Kier molecular flexibility index (Phi) is 5.30. The summed E-state index contributed by atoms with van der Waals surface area (Å²) in [5.74, 6) is -1.20. The summed E-state index contributed by atoms with van der Waals surface area (Å²) in [6, 6.07) is 6.83. The Balaban J connectivity index is 1.90. The molecule has 0 aliphatic carbocycles. The van der Waals surface area contributed by atoms with Gasteiger partial charge < -0.3 is 14.6 Å². The molecule has 114 valence electrons. The van der Waals surface area contributed by atoms with Crippen molar-refractivity contribution < 1.29 is 24.2 Å². The fourth-order valence-electron chi connectivity index (χ4n) is 2.33. The number of rotatable bonds is 5. The van der Waals surface area contributed by atoms with Crippen LogP contribution in [0, 0.1) is 0 Å². The number of carboxylic acid groups (broad SMARTS) is 1.